The summed E-state index contributed by atoms with van der Waals surface area (Å²) in [6.07, 6.45) is 5.53. The maximum absolute atomic E-state index is 6.11. The largest absolute Gasteiger partial charge is 0.382 e. The fourth-order valence-electron chi connectivity index (χ4n) is 2.59. The van der Waals surface area contributed by atoms with Crippen LogP contribution in [-0.2, 0) is 0 Å². The Kier molecular flexibility index (Phi) is 3.29. The zero-order valence-corrected chi connectivity index (χ0v) is 11.6. The third-order valence-electron chi connectivity index (χ3n) is 3.92. The molecule has 0 radical (unpaired) electrons. The Morgan fingerprint density at radius 3 is 2.39 bits per heavy atom. The highest BCUT2D eigenvalue weighted by Gasteiger charge is 2.41. The Labute approximate surface area is 117 Å². The lowest BCUT2D eigenvalue weighted by Gasteiger charge is -2.17. The van der Waals surface area contributed by atoms with Gasteiger partial charge >= 0.3 is 0 Å². The van der Waals surface area contributed by atoms with Crippen molar-refractivity contribution in [3.05, 3.63) is 16.1 Å². The van der Waals surface area contributed by atoms with E-state index in [1.54, 1.807) is 6.07 Å². The van der Waals surface area contributed by atoms with Gasteiger partial charge in [-0.2, -0.15) is 0 Å². The SMILES string of the molecule is Nc1nc(NCC(C2CC2)C2CC2)c(Cl)cc1Cl. The first-order valence-electron chi connectivity index (χ1n) is 6.50. The molecule has 3 nitrogen and oxygen atoms in total. The van der Waals surface area contributed by atoms with Crippen LogP contribution >= 0.6 is 23.2 Å². The van der Waals surface area contributed by atoms with Crippen LogP contribution < -0.4 is 11.1 Å². The Balaban J connectivity index is 1.66. The van der Waals surface area contributed by atoms with E-state index in [0.717, 1.165) is 24.3 Å². The first-order chi connectivity index (χ1) is 8.65. The number of hydrogen-bond donors (Lipinski definition) is 2. The molecule has 5 heteroatoms. The minimum absolute atomic E-state index is 0.331. The van der Waals surface area contributed by atoms with Gasteiger partial charge in [0.1, 0.15) is 11.6 Å². The molecule has 2 saturated carbocycles. The van der Waals surface area contributed by atoms with E-state index in [-0.39, 0.29) is 0 Å². The minimum Gasteiger partial charge on any atom is -0.382 e. The molecule has 18 heavy (non-hydrogen) atoms. The first-order valence-corrected chi connectivity index (χ1v) is 7.26. The van der Waals surface area contributed by atoms with Gasteiger partial charge in [0.05, 0.1) is 10.0 Å². The van der Waals surface area contributed by atoms with E-state index >= 15 is 0 Å². The Hall–Kier alpha value is -0.670. The van der Waals surface area contributed by atoms with Gasteiger partial charge in [-0.1, -0.05) is 23.2 Å². The van der Waals surface area contributed by atoms with E-state index in [9.17, 15) is 0 Å². The summed E-state index contributed by atoms with van der Waals surface area (Å²) in [7, 11) is 0. The summed E-state index contributed by atoms with van der Waals surface area (Å²) in [5.41, 5.74) is 5.70. The summed E-state index contributed by atoms with van der Waals surface area (Å²) in [6.45, 7) is 0.948. The van der Waals surface area contributed by atoms with Crippen LogP contribution in [0.3, 0.4) is 0 Å². The predicted molar refractivity (Wildman–Crippen MR) is 76.1 cm³/mol. The summed E-state index contributed by atoms with van der Waals surface area (Å²) in [6, 6.07) is 1.65. The van der Waals surface area contributed by atoms with Gasteiger partial charge in [0.25, 0.3) is 0 Å². The molecule has 0 atom stereocenters. The molecular weight excluding hydrogens is 269 g/mol. The second kappa shape index (κ2) is 4.78. The average Bonchev–Trinajstić information content (AvgIpc) is 3.17. The van der Waals surface area contributed by atoms with Crippen molar-refractivity contribution in [1.82, 2.24) is 4.98 Å². The molecule has 2 aliphatic carbocycles. The number of rotatable bonds is 5. The molecule has 0 saturated heterocycles. The number of halogens is 2. The van der Waals surface area contributed by atoms with Crippen LogP contribution in [0, 0.1) is 17.8 Å². The van der Waals surface area contributed by atoms with Crippen LogP contribution in [-0.4, -0.2) is 11.5 Å². The van der Waals surface area contributed by atoms with Crippen molar-refractivity contribution in [2.24, 2.45) is 17.8 Å². The third kappa shape index (κ3) is 2.67. The molecular formula is C13H17Cl2N3. The second-order valence-corrected chi connectivity index (χ2v) is 6.22. The number of nitrogen functional groups attached to an aromatic ring is 1. The van der Waals surface area contributed by atoms with Crippen molar-refractivity contribution in [1.29, 1.82) is 0 Å². The number of aromatic nitrogens is 1. The molecule has 1 heterocycles. The van der Waals surface area contributed by atoms with Crippen molar-refractivity contribution in [3.63, 3.8) is 0 Å². The Morgan fingerprint density at radius 2 is 1.83 bits per heavy atom. The average molecular weight is 286 g/mol. The fraction of sp³-hybridized carbons (Fsp3) is 0.615. The van der Waals surface area contributed by atoms with Crippen molar-refractivity contribution in [2.45, 2.75) is 25.7 Å². The minimum atomic E-state index is 0.331. The van der Waals surface area contributed by atoms with E-state index in [1.807, 2.05) is 0 Å². The molecule has 98 valence electrons. The van der Waals surface area contributed by atoms with Crippen molar-refractivity contribution in [2.75, 3.05) is 17.6 Å². The zero-order valence-electron chi connectivity index (χ0n) is 10.1. The molecule has 0 unspecified atom stereocenters. The van der Waals surface area contributed by atoms with Gasteiger partial charge < -0.3 is 11.1 Å². The number of anilines is 2. The Bertz CT molecular complexity index is 444. The third-order valence-corrected chi connectivity index (χ3v) is 4.51. The van der Waals surface area contributed by atoms with E-state index in [4.69, 9.17) is 28.9 Å². The molecule has 0 spiro atoms. The van der Waals surface area contributed by atoms with Crippen LogP contribution in [0.1, 0.15) is 25.7 Å². The smallest absolute Gasteiger partial charge is 0.147 e. The van der Waals surface area contributed by atoms with Crippen LogP contribution in [0.25, 0.3) is 0 Å². The van der Waals surface area contributed by atoms with Gasteiger partial charge in [-0.25, -0.2) is 4.98 Å². The predicted octanol–water partition coefficient (Wildman–Crippen LogP) is 3.82. The highest BCUT2D eigenvalue weighted by atomic mass is 35.5. The number of nitrogens with two attached hydrogens (primary N) is 1. The molecule has 2 aliphatic rings. The standard InChI is InChI=1S/C13H17Cl2N3/c14-10-5-11(15)13(18-12(10)16)17-6-9(7-1-2-7)8-3-4-8/h5,7-9H,1-4,6H2,(H3,16,17,18). The summed E-state index contributed by atoms with van der Waals surface area (Å²) < 4.78 is 0. The highest BCUT2D eigenvalue weighted by Crippen LogP contribution is 2.49. The van der Waals surface area contributed by atoms with Crippen molar-refractivity contribution >= 4 is 34.8 Å². The summed E-state index contributed by atoms with van der Waals surface area (Å²) in [5.74, 6) is 3.59. The lowest BCUT2D eigenvalue weighted by molar-refractivity contribution is 0.428. The highest BCUT2D eigenvalue weighted by molar-refractivity contribution is 6.37. The van der Waals surface area contributed by atoms with E-state index in [1.165, 1.54) is 25.7 Å². The normalized spacial score (nSPS) is 19.3. The van der Waals surface area contributed by atoms with Crippen LogP contribution in [0.5, 0.6) is 0 Å². The van der Waals surface area contributed by atoms with Crippen molar-refractivity contribution < 1.29 is 0 Å². The number of nitrogens with zero attached hydrogens (tertiary/aromatic N) is 1. The summed E-state index contributed by atoms with van der Waals surface area (Å²) in [4.78, 5) is 4.21. The fourth-order valence-corrected chi connectivity index (χ4v) is 3.01. The molecule has 3 rings (SSSR count). The molecule has 1 aromatic heterocycles. The molecule has 0 aromatic carbocycles. The molecule has 2 fully saturated rings. The molecule has 0 bridgehead atoms. The van der Waals surface area contributed by atoms with E-state index in [2.05, 4.69) is 10.3 Å². The van der Waals surface area contributed by atoms with Gasteiger partial charge in [0, 0.05) is 6.54 Å². The number of nitrogens with one attached hydrogen (secondary N) is 1. The van der Waals surface area contributed by atoms with Gasteiger partial charge in [-0.15, -0.1) is 0 Å². The first kappa shape index (κ1) is 12.4. The van der Waals surface area contributed by atoms with Gasteiger partial charge in [-0.05, 0) is 49.5 Å². The summed E-state index contributed by atoms with van der Waals surface area (Å²) >= 11 is 12.0. The van der Waals surface area contributed by atoms with Gasteiger partial charge in [0.15, 0.2) is 0 Å². The molecule has 0 aliphatic heterocycles. The van der Waals surface area contributed by atoms with Crippen LogP contribution in [0.15, 0.2) is 6.07 Å². The maximum atomic E-state index is 6.11. The number of hydrogen-bond acceptors (Lipinski definition) is 3. The summed E-state index contributed by atoms with van der Waals surface area (Å²) in [5, 5.41) is 4.29. The van der Waals surface area contributed by atoms with E-state index < -0.39 is 0 Å². The Morgan fingerprint density at radius 1 is 1.22 bits per heavy atom. The zero-order chi connectivity index (χ0) is 12.7. The lowest BCUT2D eigenvalue weighted by Crippen LogP contribution is -2.19. The number of pyridine rings is 1. The molecule has 3 N–H and O–H groups in total. The second-order valence-electron chi connectivity index (χ2n) is 5.41. The van der Waals surface area contributed by atoms with E-state index in [0.29, 0.717) is 21.7 Å². The van der Waals surface area contributed by atoms with Crippen molar-refractivity contribution in [3.8, 4) is 0 Å². The topological polar surface area (TPSA) is 50.9 Å². The van der Waals surface area contributed by atoms with Gasteiger partial charge in [-0.3, -0.25) is 0 Å². The molecule has 0 amide bonds. The molecule has 1 aromatic rings. The quantitative estimate of drug-likeness (QED) is 0.865. The maximum Gasteiger partial charge on any atom is 0.147 e. The van der Waals surface area contributed by atoms with Gasteiger partial charge in [0.2, 0.25) is 0 Å². The van der Waals surface area contributed by atoms with Crippen LogP contribution in [0.4, 0.5) is 11.6 Å². The monoisotopic (exact) mass is 285 g/mol. The van der Waals surface area contributed by atoms with Crippen LogP contribution in [0.2, 0.25) is 10.0 Å². The lowest BCUT2D eigenvalue weighted by atomic mass is 9.98.